The van der Waals surface area contributed by atoms with Crippen LogP contribution in [0.25, 0.3) is 11.1 Å². The molecule has 0 bridgehead atoms. The zero-order chi connectivity index (χ0) is 19.6. The lowest BCUT2D eigenvalue weighted by Crippen LogP contribution is -2.35. The first-order chi connectivity index (χ1) is 13.0. The Bertz CT molecular complexity index is 769. The van der Waals surface area contributed by atoms with Crippen molar-refractivity contribution in [1.29, 1.82) is 0 Å². The Kier molecular flexibility index (Phi) is 7.74. The third kappa shape index (κ3) is 6.70. The topological polar surface area (TPSA) is 72.5 Å². The average molecular weight is 367 g/mol. The van der Waals surface area contributed by atoms with Gasteiger partial charge in [-0.15, -0.1) is 0 Å². The Balaban J connectivity index is 1.78. The number of Topliss-reactive ketones (excluding diaryl/α,β-unsaturated/α-hetero) is 1. The quantitative estimate of drug-likeness (QED) is 0.541. The van der Waals surface area contributed by atoms with Crippen LogP contribution in [0, 0.1) is 0 Å². The summed E-state index contributed by atoms with van der Waals surface area (Å²) >= 11 is 0. The first kappa shape index (κ1) is 20.4. The van der Waals surface area contributed by atoms with Crippen LogP contribution >= 0.6 is 0 Å². The molecule has 142 valence electrons. The van der Waals surface area contributed by atoms with Crippen LogP contribution in [0.2, 0.25) is 0 Å². The molecule has 1 atom stereocenters. The van der Waals surface area contributed by atoms with Gasteiger partial charge in [0.05, 0.1) is 6.42 Å². The van der Waals surface area contributed by atoms with Crippen LogP contribution in [0.3, 0.4) is 0 Å². The molecule has 5 nitrogen and oxygen atoms in total. The van der Waals surface area contributed by atoms with Crippen molar-refractivity contribution in [3.8, 4) is 11.1 Å². The van der Waals surface area contributed by atoms with Gasteiger partial charge in [-0.1, -0.05) is 61.5 Å². The van der Waals surface area contributed by atoms with Crippen LogP contribution in [0.1, 0.15) is 43.5 Å². The minimum absolute atomic E-state index is 0.0386. The molecule has 5 heteroatoms. The van der Waals surface area contributed by atoms with E-state index in [-0.39, 0.29) is 37.2 Å². The number of nitrogens with one attached hydrogen (secondary N) is 1. The fraction of sp³-hybridized carbons (Fsp3) is 0.318. The second-order valence-corrected chi connectivity index (χ2v) is 6.40. The maximum atomic E-state index is 12.2. The summed E-state index contributed by atoms with van der Waals surface area (Å²) in [6.45, 7) is 3.51. The van der Waals surface area contributed by atoms with Crippen molar-refractivity contribution in [1.82, 2.24) is 5.32 Å². The van der Waals surface area contributed by atoms with Crippen LogP contribution in [0.4, 0.5) is 0 Å². The summed E-state index contributed by atoms with van der Waals surface area (Å²) in [5, 5.41) is 2.71. The summed E-state index contributed by atoms with van der Waals surface area (Å²) in [6, 6.07) is 17.2. The van der Waals surface area contributed by atoms with E-state index in [0.717, 1.165) is 17.5 Å². The van der Waals surface area contributed by atoms with E-state index in [1.54, 1.807) is 12.1 Å². The third-order valence-electron chi connectivity index (χ3n) is 4.25. The molecule has 2 aromatic carbocycles. The number of ether oxygens (including phenoxy) is 1. The van der Waals surface area contributed by atoms with Gasteiger partial charge in [0.25, 0.3) is 5.91 Å². The number of ketones is 1. The summed E-state index contributed by atoms with van der Waals surface area (Å²) in [7, 11) is 0. The highest BCUT2D eigenvalue weighted by atomic mass is 16.5. The van der Waals surface area contributed by atoms with Crippen molar-refractivity contribution >= 4 is 17.7 Å². The van der Waals surface area contributed by atoms with Crippen molar-refractivity contribution in [3.05, 3.63) is 60.2 Å². The summed E-state index contributed by atoms with van der Waals surface area (Å²) in [5.74, 6) is -1.01. The minimum atomic E-state index is -0.552. The van der Waals surface area contributed by atoms with E-state index in [4.69, 9.17) is 4.74 Å². The predicted molar refractivity (Wildman–Crippen MR) is 104 cm³/mol. The van der Waals surface area contributed by atoms with Crippen molar-refractivity contribution in [2.45, 2.75) is 39.2 Å². The molecule has 0 heterocycles. The molecule has 2 aromatic rings. The second-order valence-electron chi connectivity index (χ2n) is 6.40. The molecule has 0 aliphatic heterocycles. The predicted octanol–water partition coefficient (Wildman–Crippen LogP) is 3.77. The van der Waals surface area contributed by atoms with Gasteiger partial charge in [0.1, 0.15) is 0 Å². The highest BCUT2D eigenvalue weighted by molar-refractivity contribution is 5.98. The van der Waals surface area contributed by atoms with Gasteiger partial charge in [0, 0.05) is 18.0 Å². The summed E-state index contributed by atoms with van der Waals surface area (Å²) in [5.41, 5.74) is 2.66. The lowest BCUT2D eigenvalue weighted by Gasteiger charge is -2.11. The SMILES string of the molecule is CC[C@@H](C)NC(=O)COC(=O)CCC(=O)c1ccc(-c2ccccc2)cc1. The zero-order valence-electron chi connectivity index (χ0n) is 15.7. The monoisotopic (exact) mass is 367 g/mol. The summed E-state index contributed by atoms with van der Waals surface area (Å²) in [4.78, 5) is 35.5. The van der Waals surface area contributed by atoms with Crippen LogP contribution < -0.4 is 5.32 Å². The first-order valence-electron chi connectivity index (χ1n) is 9.13. The molecule has 0 aliphatic rings. The fourth-order valence-corrected chi connectivity index (χ4v) is 2.48. The van der Waals surface area contributed by atoms with Gasteiger partial charge in [0.15, 0.2) is 12.4 Å². The van der Waals surface area contributed by atoms with Crippen LogP contribution in [-0.4, -0.2) is 30.3 Å². The third-order valence-corrected chi connectivity index (χ3v) is 4.25. The number of amides is 1. The van der Waals surface area contributed by atoms with Crippen molar-refractivity contribution in [2.24, 2.45) is 0 Å². The van der Waals surface area contributed by atoms with E-state index in [9.17, 15) is 14.4 Å². The van der Waals surface area contributed by atoms with Crippen molar-refractivity contribution in [2.75, 3.05) is 6.61 Å². The smallest absolute Gasteiger partial charge is 0.306 e. The lowest BCUT2D eigenvalue weighted by molar-refractivity contribution is -0.148. The number of rotatable bonds is 9. The molecule has 1 N–H and O–H groups in total. The van der Waals surface area contributed by atoms with E-state index in [1.165, 1.54) is 0 Å². The molecule has 2 rings (SSSR count). The first-order valence-corrected chi connectivity index (χ1v) is 9.13. The summed E-state index contributed by atoms with van der Waals surface area (Å²) < 4.78 is 4.91. The molecule has 27 heavy (non-hydrogen) atoms. The number of hydrogen-bond donors (Lipinski definition) is 1. The number of benzene rings is 2. The number of carbonyl (C=O) groups excluding carboxylic acids is 3. The maximum Gasteiger partial charge on any atom is 0.306 e. The van der Waals surface area contributed by atoms with Gasteiger partial charge in [-0.3, -0.25) is 14.4 Å². The molecule has 1 amide bonds. The van der Waals surface area contributed by atoms with Gasteiger partial charge in [0.2, 0.25) is 0 Å². The highest BCUT2D eigenvalue weighted by Gasteiger charge is 2.13. The summed E-state index contributed by atoms with van der Waals surface area (Å²) in [6.07, 6.45) is 0.809. The minimum Gasteiger partial charge on any atom is -0.456 e. The largest absolute Gasteiger partial charge is 0.456 e. The molecule has 0 spiro atoms. The standard InChI is InChI=1S/C22H25NO4/c1-3-16(2)23-21(25)15-27-22(26)14-13-20(24)19-11-9-18(10-12-19)17-7-5-4-6-8-17/h4-12,16H,3,13-15H2,1-2H3,(H,23,25)/t16-/m1/s1. The van der Waals surface area contributed by atoms with Crippen LogP contribution in [0.15, 0.2) is 54.6 Å². The molecule has 0 radical (unpaired) electrons. The highest BCUT2D eigenvalue weighted by Crippen LogP contribution is 2.19. The van der Waals surface area contributed by atoms with Crippen LogP contribution in [0.5, 0.6) is 0 Å². The molecular formula is C22H25NO4. The molecule has 0 saturated heterocycles. The molecule has 0 aliphatic carbocycles. The van der Waals surface area contributed by atoms with Crippen LogP contribution in [-0.2, 0) is 14.3 Å². The lowest BCUT2D eigenvalue weighted by atomic mass is 10.0. The van der Waals surface area contributed by atoms with E-state index < -0.39 is 5.97 Å². The number of esters is 1. The molecule has 0 saturated carbocycles. The Morgan fingerprint density at radius 1 is 0.926 bits per heavy atom. The Morgan fingerprint density at radius 2 is 1.56 bits per heavy atom. The van der Waals surface area contributed by atoms with E-state index in [0.29, 0.717) is 5.56 Å². The van der Waals surface area contributed by atoms with Crippen molar-refractivity contribution < 1.29 is 19.1 Å². The van der Waals surface area contributed by atoms with Gasteiger partial charge < -0.3 is 10.1 Å². The molecule has 0 fully saturated rings. The van der Waals surface area contributed by atoms with Gasteiger partial charge in [-0.2, -0.15) is 0 Å². The van der Waals surface area contributed by atoms with Crippen molar-refractivity contribution in [3.63, 3.8) is 0 Å². The molecular weight excluding hydrogens is 342 g/mol. The molecule has 0 aromatic heterocycles. The fourth-order valence-electron chi connectivity index (χ4n) is 2.48. The number of carbonyl (C=O) groups is 3. The van der Waals surface area contributed by atoms with Gasteiger partial charge in [-0.05, 0) is 24.5 Å². The number of hydrogen-bond acceptors (Lipinski definition) is 4. The van der Waals surface area contributed by atoms with E-state index >= 15 is 0 Å². The van der Waals surface area contributed by atoms with E-state index in [1.807, 2.05) is 56.3 Å². The average Bonchev–Trinajstić information content (AvgIpc) is 2.71. The Labute approximate surface area is 159 Å². The Morgan fingerprint density at radius 3 is 2.19 bits per heavy atom. The zero-order valence-corrected chi connectivity index (χ0v) is 15.7. The van der Waals surface area contributed by atoms with Gasteiger partial charge >= 0.3 is 5.97 Å². The normalized spacial score (nSPS) is 11.5. The van der Waals surface area contributed by atoms with E-state index in [2.05, 4.69) is 5.32 Å². The maximum absolute atomic E-state index is 12.2. The Hall–Kier alpha value is -2.95. The van der Waals surface area contributed by atoms with Gasteiger partial charge in [-0.25, -0.2) is 0 Å². The second kappa shape index (κ2) is 10.3. The molecule has 0 unspecified atom stereocenters.